The van der Waals surface area contributed by atoms with Crippen molar-refractivity contribution in [1.82, 2.24) is 15.4 Å². The molecule has 32 heavy (non-hydrogen) atoms. The van der Waals surface area contributed by atoms with Crippen LogP contribution in [-0.4, -0.2) is 27.9 Å². The first-order valence-electron chi connectivity index (χ1n) is 9.41. The number of nitro groups is 1. The van der Waals surface area contributed by atoms with E-state index in [0.29, 0.717) is 17.1 Å². The van der Waals surface area contributed by atoms with Crippen molar-refractivity contribution in [3.05, 3.63) is 88.7 Å². The van der Waals surface area contributed by atoms with Gasteiger partial charge in [0.2, 0.25) is 5.82 Å². The topological polar surface area (TPSA) is 129 Å². The van der Waals surface area contributed by atoms with Crippen LogP contribution in [0.15, 0.2) is 73.1 Å². The van der Waals surface area contributed by atoms with E-state index >= 15 is 0 Å². The lowest BCUT2D eigenvalue weighted by Crippen LogP contribution is -2.30. The van der Waals surface area contributed by atoms with E-state index in [0.717, 1.165) is 17.1 Å². The minimum Gasteiger partial charge on any atom is -0.497 e. The molecule has 0 bridgehead atoms. The van der Waals surface area contributed by atoms with Gasteiger partial charge in [-0.1, -0.05) is 30.3 Å². The van der Waals surface area contributed by atoms with Gasteiger partial charge in [-0.2, -0.15) is 4.98 Å². The molecule has 0 radical (unpaired) electrons. The first-order valence-corrected chi connectivity index (χ1v) is 9.41. The van der Waals surface area contributed by atoms with Gasteiger partial charge in [-0.05, 0) is 47.2 Å². The highest BCUT2D eigenvalue weighted by molar-refractivity contribution is 5.95. The molecule has 0 aliphatic rings. The van der Waals surface area contributed by atoms with Crippen LogP contribution in [0.2, 0.25) is 0 Å². The second kappa shape index (κ2) is 8.96. The van der Waals surface area contributed by atoms with Gasteiger partial charge < -0.3 is 9.47 Å². The fraction of sp³-hybridized carbons (Fsp3) is 0.0455. The van der Waals surface area contributed by atoms with Crippen LogP contribution in [0.3, 0.4) is 0 Å². The summed E-state index contributed by atoms with van der Waals surface area (Å²) in [4.78, 5) is 31.1. The van der Waals surface area contributed by atoms with Crippen LogP contribution < -0.4 is 20.3 Å². The van der Waals surface area contributed by atoms with Crippen LogP contribution in [0.1, 0.15) is 10.4 Å². The summed E-state index contributed by atoms with van der Waals surface area (Å²) in [6, 6.07) is 19.3. The third-order valence-corrected chi connectivity index (χ3v) is 4.55. The summed E-state index contributed by atoms with van der Waals surface area (Å²) in [5, 5.41) is 13.6. The fourth-order valence-electron chi connectivity index (χ4n) is 2.97. The Morgan fingerprint density at radius 1 is 0.969 bits per heavy atom. The summed E-state index contributed by atoms with van der Waals surface area (Å²) < 4.78 is 10.7. The number of hydrogen-bond acceptors (Lipinski definition) is 8. The van der Waals surface area contributed by atoms with E-state index in [1.807, 2.05) is 30.3 Å². The van der Waals surface area contributed by atoms with Gasteiger partial charge in [-0.25, -0.2) is 4.98 Å². The molecule has 1 amide bonds. The average molecular weight is 431 g/mol. The summed E-state index contributed by atoms with van der Waals surface area (Å²) in [5.74, 6) is -0.0307. The van der Waals surface area contributed by atoms with Gasteiger partial charge in [0.25, 0.3) is 5.91 Å². The second-order valence-corrected chi connectivity index (χ2v) is 6.55. The number of carbonyl (C=O) groups is 1. The molecule has 1 heterocycles. The zero-order chi connectivity index (χ0) is 22.5. The van der Waals surface area contributed by atoms with E-state index in [1.54, 1.807) is 36.4 Å². The molecule has 2 N–H and O–H groups in total. The van der Waals surface area contributed by atoms with Crippen LogP contribution in [-0.2, 0) is 0 Å². The van der Waals surface area contributed by atoms with Crippen molar-refractivity contribution in [2.75, 3.05) is 12.5 Å². The maximum absolute atomic E-state index is 12.3. The van der Waals surface area contributed by atoms with Gasteiger partial charge in [-0.15, -0.1) is 0 Å². The molecule has 3 aromatic carbocycles. The van der Waals surface area contributed by atoms with Crippen LogP contribution >= 0.6 is 0 Å². The molecule has 4 rings (SSSR count). The normalized spacial score (nSPS) is 10.4. The highest BCUT2D eigenvalue weighted by atomic mass is 16.6. The summed E-state index contributed by atoms with van der Waals surface area (Å²) in [6.45, 7) is 0. The monoisotopic (exact) mass is 431 g/mol. The van der Waals surface area contributed by atoms with Gasteiger partial charge in [0.1, 0.15) is 17.8 Å². The van der Waals surface area contributed by atoms with Crippen molar-refractivity contribution < 1.29 is 19.2 Å². The Morgan fingerprint density at radius 2 is 1.69 bits per heavy atom. The van der Waals surface area contributed by atoms with Crippen LogP contribution in [0, 0.1) is 10.1 Å². The molecule has 160 valence electrons. The Labute approximate surface area is 182 Å². The SMILES string of the molecule is COc1ccc(C(=O)NNc2ncnc(Oc3ccc4ccccc4c3)c2[N+](=O)[O-])cc1. The maximum Gasteiger partial charge on any atom is 0.374 e. The first kappa shape index (κ1) is 20.5. The lowest BCUT2D eigenvalue weighted by Gasteiger charge is -2.11. The Hall–Kier alpha value is -4.73. The number of benzene rings is 3. The molecule has 0 aliphatic carbocycles. The predicted octanol–water partition coefficient (Wildman–Crippen LogP) is 4.10. The highest BCUT2D eigenvalue weighted by Gasteiger charge is 2.25. The number of aromatic nitrogens is 2. The van der Waals surface area contributed by atoms with E-state index in [4.69, 9.17) is 9.47 Å². The Morgan fingerprint density at radius 3 is 2.41 bits per heavy atom. The van der Waals surface area contributed by atoms with Crippen LogP contribution in [0.5, 0.6) is 17.4 Å². The number of hydrazine groups is 1. The van der Waals surface area contributed by atoms with Crippen molar-refractivity contribution in [2.45, 2.75) is 0 Å². The smallest absolute Gasteiger partial charge is 0.374 e. The number of methoxy groups -OCH3 is 1. The van der Waals surface area contributed by atoms with E-state index in [9.17, 15) is 14.9 Å². The molecule has 0 fully saturated rings. The average Bonchev–Trinajstić information content (AvgIpc) is 2.82. The van der Waals surface area contributed by atoms with Crippen LogP contribution in [0.4, 0.5) is 11.5 Å². The molecular weight excluding hydrogens is 414 g/mol. The van der Waals surface area contributed by atoms with E-state index in [-0.39, 0.29) is 11.7 Å². The molecule has 0 aliphatic heterocycles. The van der Waals surface area contributed by atoms with Crippen molar-refractivity contribution in [1.29, 1.82) is 0 Å². The Balaban J connectivity index is 1.55. The first-order chi connectivity index (χ1) is 15.5. The third-order valence-electron chi connectivity index (χ3n) is 4.55. The number of amides is 1. The minimum absolute atomic E-state index is 0.220. The van der Waals surface area contributed by atoms with E-state index in [1.165, 1.54) is 7.11 Å². The third kappa shape index (κ3) is 4.38. The standard InChI is InChI=1S/C22H17N5O5/c1-31-17-9-7-15(8-10-17)21(28)26-25-20-19(27(29)30)22(24-13-23-20)32-18-11-6-14-4-2-3-5-16(14)12-18/h2-13H,1H3,(H,26,28)(H,23,24,25). The Bertz CT molecular complexity index is 1290. The predicted molar refractivity (Wildman–Crippen MR) is 117 cm³/mol. The number of anilines is 1. The number of rotatable bonds is 7. The van der Waals surface area contributed by atoms with Gasteiger partial charge in [0.15, 0.2) is 0 Å². The van der Waals surface area contributed by atoms with E-state index in [2.05, 4.69) is 20.8 Å². The molecule has 10 nitrogen and oxygen atoms in total. The largest absolute Gasteiger partial charge is 0.497 e. The summed E-state index contributed by atoms with van der Waals surface area (Å²) in [5.41, 5.74) is 4.66. The van der Waals surface area contributed by atoms with E-state index < -0.39 is 16.5 Å². The number of nitrogens with one attached hydrogen (secondary N) is 2. The van der Waals surface area contributed by atoms with Crippen LogP contribution in [0.25, 0.3) is 10.8 Å². The number of ether oxygens (including phenoxy) is 2. The zero-order valence-electron chi connectivity index (χ0n) is 16.8. The Kier molecular flexibility index (Phi) is 5.75. The molecule has 0 saturated carbocycles. The highest BCUT2D eigenvalue weighted by Crippen LogP contribution is 2.34. The van der Waals surface area contributed by atoms with Crippen molar-refractivity contribution >= 4 is 28.2 Å². The van der Waals surface area contributed by atoms with Gasteiger partial charge >= 0.3 is 11.6 Å². The molecular formula is C22H17N5O5. The molecule has 0 unspecified atom stereocenters. The minimum atomic E-state index is -0.682. The number of carbonyl (C=O) groups excluding carboxylic acids is 1. The summed E-state index contributed by atoms with van der Waals surface area (Å²) in [7, 11) is 1.52. The number of nitrogens with zero attached hydrogens (tertiary/aromatic N) is 3. The van der Waals surface area contributed by atoms with Gasteiger partial charge in [0.05, 0.1) is 12.0 Å². The van der Waals surface area contributed by atoms with Gasteiger partial charge in [-0.3, -0.25) is 25.8 Å². The molecule has 0 saturated heterocycles. The van der Waals surface area contributed by atoms with Gasteiger partial charge in [0, 0.05) is 5.56 Å². The molecule has 0 spiro atoms. The quantitative estimate of drug-likeness (QED) is 0.331. The van der Waals surface area contributed by atoms with Crippen molar-refractivity contribution in [3.63, 3.8) is 0 Å². The number of fused-ring (bicyclic) bond motifs is 1. The molecule has 4 aromatic rings. The summed E-state index contributed by atoms with van der Waals surface area (Å²) >= 11 is 0. The van der Waals surface area contributed by atoms with Crippen molar-refractivity contribution in [2.24, 2.45) is 0 Å². The zero-order valence-corrected chi connectivity index (χ0v) is 16.8. The lowest BCUT2D eigenvalue weighted by molar-refractivity contribution is -0.385. The van der Waals surface area contributed by atoms with Crippen molar-refractivity contribution in [3.8, 4) is 17.4 Å². The molecule has 10 heteroatoms. The lowest BCUT2D eigenvalue weighted by atomic mass is 10.1. The number of hydrogen-bond donors (Lipinski definition) is 2. The molecule has 1 aromatic heterocycles. The fourth-order valence-corrected chi connectivity index (χ4v) is 2.97. The molecule has 0 atom stereocenters. The maximum atomic E-state index is 12.3. The second-order valence-electron chi connectivity index (χ2n) is 6.55. The summed E-state index contributed by atoms with van der Waals surface area (Å²) in [6.07, 6.45) is 1.10.